The summed E-state index contributed by atoms with van der Waals surface area (Å²) in [4.78, 5) is 24.2. The van der Waals surface area contributed by atoms with Gasteiger partial charge in [0, 0.05) is 5.69 Å². The molecule has 0 bridgehead atoms. The molecule has 4 nitrogen and oxygen atoms in total. The molecule has 1 N–H and O–H groups in total. The first-order valence-corrected chi connectivity index (χ1v) is 8.69. The van der Waals surface area contributed by atoms with Crippen molar-refractivity contribution >= 4 is 40.8 Å². The molecule has 2 aromatic carbocycles. The fourth-order valence-electron chi connectivity index (χ4n) is 2.32. The van der Waals surface area contributed by atoms with Crippen LogP contribution < -0.4 is 5.32 Å². The van der Waals surface area contributed by atoms with Crippen LogP contribution in [0.5, 0.6) is 0 Å². The number of ether oxygens (including phenoxy) is 1. The molecule has 132 valence electrons. The Balaban J connectivity index is 2.00. The van der Waals surface area contributed by atoms with E-state index in [4.69, 9.17) is 27.9 Å². The van der Waals surface area contributed by atoms with Crippen LogP contribution in [0.2, 0.25) is 10.0 Å². The minimum Gasteiger partial charge on any atom is -0.452 e. The van der Waals surface area contributed by atoms with Gasteiger partial charge in [0.15, 0.2) is 6.61 Å². The molecule has 6 heteroatoms. The van der Waals surface area contributed by atoms with Gasteiger partial charge in [0.05, 0.1) is 15.6 Å². The number of amides is 1. The molecule has 0 spiro atoms. The van der Waals surface area contributed by atoms with E-state index in [-0.39, 0.29) is 15.6 Å². The first-order valence-electron chi connectivity index (χ1n) is 7.94. The highest BCUT2D eigenvalue weighted by Gasteiger charge is 2.16. The van der Waals surface area contributed by atoms with Crippen LogP contribution >= 0.6 is 23.2 Å². The van der Waals surface area contributed by atoms with Crippen LogP contribution in [0, 0.1) is 0 Å². The van der Waals surface area contributed by atoms with Crippen molar-refractivity contribution in [3.8, 4) is 0 Å². The molecule has 2 aromatic rings. The Labute approximate surface area is 157 Å². The fraction of sp³-hybridized carbons (Fsp3) is 0.263. The molecule has 1 atom stereocenters. The van der Waals surface area contributed by atoms with E-state index in [2.05, 4.69) is 19.2 Å². The second-order valence-corrected chi connectivity index (χ2v) is 6.41. The molecule has 1 amide bonds. The Bertz CT molecular complexity index is 777. The van der Waals surface area contributed by atoms with Crippen molar-refractivity contribution in [2.24, 2.45) is 0 Å². The van der Waals surface area contributed by atoms with Crippen LogP contribution in [0.15, 0.2) is 42.5 Å². The highest BCUT2D eigenvalue weighted by molar-refractivity contribution is 6.43. The molecule has 2 rings (SSSR count). The number of rotatable bonds is 6. The van der Waals surface area contributed by atoms with Gasteiger partial charge in [-0.25, -0.2) is 4.79 Å². The van der Waals surface area contributed by atoms with Gasteiger partial charge >= 0.3 is 5.97 Å². The van der Waals surface area contributed by atoms with Crippen molar-refractivity contribution < 1.29 is 14.3 Å². The average Bonchev–Trinajstić information content (AvgIpc) is 2.61. The van der Waals surface area contributed by atoms with E-state index in [1.165, 1.54) is 6.07 Å². The van der Waals surface area contributed by atoms with Crippen molar-refractivity contribution in [3.63, 3.8) is 0 Å². The number of esters is 1. The standard InChI is InChI=1S/C19H19Cl2NO3/c1-3-12(2)13-7-4-5-10-16(13)22-17(23)11-25-19(24)14-8-6-9-15(20)18(14)21/h4-10,12H,3,11H2,1-2H3,(H,22,23)/t12-/m0/s1. The number of anilines is 1. The maximum absolute atomic E-state index is 12.1. The van der Waals surface area contributed by atoms with Crippen molar-refractivity contribution in [3.05, 3.63) is 63.6 Å². The summed E-state index contributed by atoms with van der Waals surface area (Å²) in [7, 11) is 0. The molecule has 0 radical (unpaired) electrons. The molecule has 0 aromatic heterocycles. The molecular formula is C19H19Cl2NO3. The third kappa shape index (κ3) is 4.97. The highest BCUT2D eigenvalue weighted by Crippen LogP contribution is 2.27. The lowest BCUT2D eigenvalue weighted by molar-refractivity contribution is -0.119. The minimum atomic E-state index is -0.696. The zero-order valence-electron chi connectivity index (χ0n) is 14.0. The van der Waals surface area contributed by atoms with E-state index in [9.17, 15) is 9.59 Å². The van der Waals surface area contributed by atoms with Crippen molar-refractivity contribution in [1.29, 1.82) is 0 Å². The first kappa shape index (κ1) is 19.3. The maximum Gasteiger partial charge on any atom is 0.340 e. The fourth-order valence-corrected chi connectivity index (χ4v) is 2.69. The zero-order chi connectivity index (χ0) is 18.4. The molecule has 25 heavy (non-hydrogen) atoms. The lowest BCUT2D eigenvalue weighted by atomic mass is 9.97. The van der Waals surface area contributed by atoms with Gasteiger partial charge in [-0.05, 0) is 36.1 Å². The smallest absolute Gasteiger partial charge is 0.340 e. The summed E-state index contributed by atoms with van der Waals surface area (Å²) in [6, 6.07) is 12.2. The quantitative estimate of drug-likeness (QED) is 0.692. The molecule has 0 aliphatic heterocycles. The normalized spacial score (nSPS) is 11.7. The number of halogens is 2. The largest absolute Gasteiger partial charge is 0.452 e. The van der Waals surface area contributed by atoms with Crippen LogP contribution in [-0.2, 0) is 9.53 Å². The molecule has 0 saturated heterocycles. The third-order valence-electron chi connectivity index (χ3n) is 3.88. The number of nitrogens with one attached hydrogen (secondary N) is 1. The van der Waals surface area contributed by atoms with Crippen LogP contribution in [0.25, 0.3) is 0 Å². The van der Waals surface area contributed by atoms with Gasteiger partial charge in [0.1, 0.15) is 0 Å². The molecule has 0 aliphatic carbocycles. The molecule has 0 heterocycles. The van der Waals surface area contributed by atoms with E-state index in [1.807, 2.05) is 24.3 Å². The third-order valence-corrected chi connectivity index (χ3v) is 4.70. The lowest BCUT2D eigenvalue weighted by Crippen LogP contribution is -2.22. The molecule has 0 fully saturated rings. The van der Waals surface area contributed by atoms with Gasteiger partial charge in [-0.15, -0.1) is 0 Å². The highest BCUT2D eigenvalue weighted by atomic mass is 35.5. The first-order chi connectivity index (χ1) is 11.9. The monoisotopic (exact) mass is 379 g/mol. The van der Waals surface area contributed by atoms with Gasteiger partial charge in [-0.3, -0.25) is 4.79 Å². The predicted octanol–water partition coefficient (Wildman–Crippen LogP) is 5.30. The Kier molecular flexibility index (Phi) is 6.85. The van der Waals surface area contributed by atoms with Gasteiger partial charge in [-0.1, -0.05) is 61.3 Å². The van der Waals surface area contributed by atoms with Crippen molar-refractivity contribution in [2.75, 3.05) is 11.9 Å². The van der Waals surface area contributed by atoms with Gasteiger partial charge in [0.2, 0.25) is 0 Å². The number of benzene rings is 2. The number of hydrogen-bond acceptors (Lipinski definition) is 3. The van der Waals surface area contributed by atoms with Crippen LogP contribution in [-0.4, -0.2) is 18.5 Å². The Morgan fingerprint density at radius 3 is 2.56 bits per heavy atom. The van der Waals surface area contributed by atoms with E-state index in [1.54, 1.807) is 12.1 Å². The molecule has 0 aliphatic rings. The van der Waals surface area contributed by atoms with E-state index in [0.29, 0.717) is 5.92 Å². The summed E-state index contributed by atoms with van der Waals surface area (Å²) in [5, 5.41) is 3.14. The molecular weight excluding hydrogens is 361 g/mol. The Morgan fingerprint density at radius 1 is 1.12 bits per heavy atom. The predicted molar refractivity (Wildman–Crippen MR) is 101 cm³/mol. The number of carbonyl (C=O) groups excluding carboxylic acids is 2. The van der Waals surface area contributed by atoms with Gasteiger partial charge in [0.25, 0.3) is 5.91 Å². The minimum absolute atomic E-state index is 0.108. The average molecular weight is 380 g/mol. The summed E-state index contributed by atoms with van der Waals surface area (Å²) in [5.41, 5.74) is 1.89. The summed E-state index contributed by atoms with van der Waals surface area (Å²) in [5.74, 6) is -0.801. The summed E-state index contributed by atoms with van der Waals surface area (Å²) in [6.45, 7) is 3.77. The number of carbonyl (C=O) groups is 2. The van der Waals surface area contributed by atoms with Crippen LogP contribution in [0.1, 0.15) is 42.1 Å². The maximum atomic E-state index is 12.1. The lowest BCUT2D eigenvalue weighted by Gasteiger charge is -2.15. The Morgan fingerprint density at radius 2 is 1.84 bits per heavy atom. The summed E-state index contributed by atoms with van der Waals surface area (Å²) in [6.07, 6.45) is 0.954. The van der Waals surface area contributed by atoms with Gasteiger partial charge in [-0.2, -0.15) is 0 Å². The summed E-state index contributed by atoms with van der Waals surface area (Å²) < 4.78 is 5.03. The van der Waals surface area contributed by atoms with Crippen molar-refractivity contribution in [2.45, 2.75) is 26.2 Å². The van der Waals surface area contributed by atoms with Gasteiger partial charge < -0.3 is 10.1 Å². The van der Waals surface area contributed by atoms with Crippen LogP contribution in [0.4, 0.5) is 5.69 Å². The molecule has 0 unspecified atom stereocenters. The number of hydrogen-bond donors (Lipinski definition) is 1. The van der Waals surface area contributed by atoms with Crippen molar-refractivity contribution in [1.82, 2.24) is 0 Å². The Hall–Kier alpha value is -2.04. The second kappa shape index (κ2) is 8.88. The number of para-hydroxylation sites is 1. The molecule has 0 saturated carbocycles. The van der Waals surface area contributed by atoms with E-state index < -0.39 is 18.5 Å². The zero-order valence-corrected chi connectivity index (χ0v) is 15.5. The second-order valence-electron chi connectivity index (χ2n) is 5.62. The van der Waals surface area contributed by atoms with Crippen LogP contribution in [0.3, 0.4) is 0 Å². The SMILES string of the molecule is CC[C@H](C)c1ccccc1NC(=O)COC(=O)c1cccc(Cl)c1Cl. The van der Waals surface area contributed by atoms with E-state index >= 15 is 0 Å². The topological polar surface area (TPSA) is 55.4 Å². The van der Waals surface area contributed by atoms with E-state index in [0.717, 1.165) is 17.7 Å². The summed E-state index contributed by atoms with van der Waals surface area (Å²) >= 11 is 11.8.